The minimum absolute atomic E-state index is 0.263. The van der Waals surface area contributed by atoms with Crippen molar-refractivity contribution in [2.75, 3.05) is 13.2 Å². The van der Waals surface area contributed by atoms with Gasteiger partial charge in [0, 0.05) is 19.3 Å². The monoisotopic (exact) mass is 347 g/mol. The van der Waals surface area contributed by atoms with Gasteiger partial charge in [-0.25, -0.2) is 0 Å². The Balaban J connectivity index is 4.75. The lowest BCUT2D eigenvalue weighted by Crippen LogP contribution is -2.50. The Morgan fingerprint density at radius 1 is 0.739 bits per heavy atom. The first-order valence-corrected chi connectivity index (χ1v) is 11.8. The van der Waals surface area contributed by atoms with Crippen molar-refractivity contribution in [3.05, 3.63) is 0 Å². The number of hydrogen-bond donors (Lipinski definition) is 1. The summed E-state index contributed by atoms with van der Waals surface area (Å²) in [5.74, 6) is 0. The van der Waals surface area contributed by atoms with Crippen LogP contribution in [-0.2, 0) is 13.3 Å². The number of nitrogens with two attached hydrogens (primary N) is 1. The predicted octanol–water partition coefficient (Wildman–Crippen LogP) is 5.24. The van der Waals surface area contributed by atoms with Gasteiger partial charge in [0.25, 0.3) is 0 Å². The van der Waals surface area contributed by atoms with E-state index < -0.39 is 8.80 Å². The molecule has 0 saturated heterocycles. The van der Waals surface area contributed by atoms with Crippen LogP contribution in [0.4, 0.5) is 0 Å². The smallest absolute Gasteiger partial charge is 0.373 e. The van der Waals surface area contributed by atoms with Gasteiger partial charge >= 0.3 is 8.80 Å². The van der Waals surface area contributed by atoms with Gasteiger partial charge in [-0.2, -0.15) is 0 Å². The second kappa shape index (κ2) is 15.6. The van der Waals surface area contributed by atoms with Crippen LogP contribution in [0.15, 0.2) is 0 Å². The summed E-state index contributed by atoms with van der Waals surface area (Å²) in [6.07, 6.45) is 10.8. The molecule has 2 N–H and O–H groups in total. The van der Waals surface area contributed by atoms with E-state index >= 15 is 0 Å². The highest BCUT2D eigenvalue weighted by Crippen LogP contribution is 2.23. The maximum Gasteiger partial charge on any atom is 0.502 e. The topological polar surface area (TPSA) is 53.7 Å². The van der Waals surface area contributed by atoms with Crippen molar-refractivity contribution in [3.8, 4) is 0 Å². The van der Waals surface area contributed by atoms with Crippen molar-refractivity contribution in [2.45, 2.75) is 104 Å². The van der Waals surface area contributed by atoms with E-state index in [9.17, 15) is 0 Å². The summed E-state index contributed by atoms with van der Waals surface area (Å²) in [5, 5.41) is 0. The molecular weight excluding hydrogens is 306 g/mol. The molecule has 140 valence electrons. The Morgan fingerprint density at radius 3 is 1.78 bits per heavy atom. The zero-order valence-corrected chi connectivity index (χ0v) is 17.1. The van der Waals surface area contributed by atoms with Gasteiger partial charge in [-0.3, -0.25) is 0 Å². The molecule has 0 amide bonds. The normalized spacial score (nSPS) is 13.4. The molecule has 0 rings (SSSR count). The fourth-order valence-electron chi connectivity index (χ4n) is 2.40. The first-order valence-electron chi connectivity index (χ1n) is 9.85. The molecule has 0 aromatic carbocycles. The van der Waals surface area contributed by atoms with E-state index in [1.807, 2.05) is 0 Å². The second-order valence-corrected chi connectivity index (χ2v) is 9.02. The Kier molecular flexibility index (Phi) is 15.6. The van der Waals surface area contributed by atoms with E-state index in [1.54, 1.807) is 0 Å². The maximum absolute atomic E-state index is 6.23. The van der Waals surface area contributed by atoms with Crippen molar-refractivity contribution < 1.29 is 13.3 Å². The molecule has 0 fully saturated rings. The summed E-state index contributed by atoms with van der Waals surface area (Å²) in [6.45, 7) is 10.2. The van der Waals surface area contributed by atoms with Crippen molar-refractivity contribution in [1.29, 1.82) is 0 Å². The summed E-state index contributed by atoms with van der Waals surface area (Å²) in [5.41, 5.74) is 6.16. The molecule has 0 aromatic heterocycles. The fourth-order valence-corrected chi connectivity index (χ4v) is 5.20. The lowest BCUT2D eigenvalue weighted by atomic mass is 10.2. The molecule has 0 aliphatic carbocycles. The van der Waals surface area contributed by atoms with Gasteiger partial charge in [-0.15, -0.1) is 0 Å². The van der Waals surface area contributed by atoms with E-state index in [4.69, 9.17) is 19.0 Å². The number of unbranched alkanes of at least 4 members (excludes halogenated alkanes) is 5. The van der Waals surface area contributed by atoms with Crippen LogP contribution in [0, 0.1) is 0 Å². The van der Waals surface area contributed by atoms with E-state index in [2.05, 4.69) is 27.7 Å². The lowest BCUT2D eigenvalue weighted by Gasteiger charge is -2.32. The molecule has 0 aromatic rings. The zero-order chi connectivity index (χ0) is 17.4. The maximum atomic E-state index is 6.23. The summed E-state index contributed by atoms with van der Waals surface area (Å²) in [4.78, 5) is 0. The van der Waals surface area contributed by atoms with E-state index in [0.29, 0.717) is 0 Å². The van der Waals surface area contributed by atoms with Crippen LogP contribution >= 0.6 is 0 Å². The van der Waals surface area contributed by atoms with Crippen LogP contribution in [0.1, 0.15) is 91.9 Å². The molecule has 5 heteroatoms. The van der Waals surface area contributed by atoms with Crippen LogP contribution in [0.2, 0.25) is 6.04 Å². The predicted molar refractivity (Wildman–Crippen MR) is 100 cm³/mol. The highest BCUT2D eigenvalue weighted by Gasteiger charge is 2.42. The number of rotatable bonds is 17. The fraction of sp³-hybridized carbons (Fsp3) is 1.00. The average Bonchev–Trinajstić information content (AvgIpc) is 2.52. The Hall–Kier alpha value is 0.0569. The summed E-state index contributed by atoms with van der Waals surface area (Å²) < 4.78 is 18.7. The molecule has 0 aliphatic heterocycles. The third-order valence-corrected chi connectivity index (χ3v) is 6.80. The molecule has 4 nitrogen and oxygen atoms in total. The average molecular weight is 348 g/mol. The van der Waals surface area contributed by atoms with Crippen LogP contribution < -0.4 is 5.73 Å². The largest absolute Gasteiger partial charge is 0.502 e. The number of hydrogen-bond acceptors (Lipinski definition) is 4. The van der Waals surface area contributed by atoms with Crippen LogP contribution in [0.25, 0.3) is 0 Å². The summed E-state index contributed by atoms with van der Waals surface area (Å²) >= 11 is 0. The van der Waals surface area contributed by atoms with E-state index in [1.165, 1.54) is 19.3 Å². The van der Waals surface area contributed by atoms with Gasteiger partial charge < -0.3 is 19.0 Å². The molecule has 0 heterocycles. The highest BCUT2D eigenvalue weighted by molar-refractivity contribution is 6.60. The highest BCUT2D eigenvalue weighted by atomic mass is 28.4. The molecular formula is C18H41NO3Si. The van der Waals surface area contributed by atoms with E-state index in [0.717, 1.165) is 64.2 Å². The van der Waals surface area contributed by atoms with Crippen molar-refractivity contribution in [1.82, 2.24) is 0 Å². The first kappa shape index (κ1) is 23.1. The summed E-state index contributed by atoms with van der Waals surface area (Å²) in [7, 11) is -2.65. The minimum Gasteiger partial charge on any atom is -0.373 e. The third-order valence-electron chi connectivity index (χ3n) is 3.88. The second-order valence-electron chi connectivity index (χ2n) is 6.34. The lowest BCUT2D eigenvalue weighted by molar-refractivity contribution is 0.0236. The Morgan fingerprint density at radius 2 is 1.30 bits per heavy atom. The summed E-state index contributed by atoms with van der Waals surface area (Å²) in [6, 6.07) is 0.901. The molecule has 0 bridgehead atoms. The van der Waals surface area contributed by atoms with Crippen LogP contribution in [0.5, 0.6) is 0 Å². The Bertz CT molecular complexity index is 244. The van der Waals surface area contributed by atoms with Crippen molar-refractivity contribution >= 4 is 8.80 Å². The van der Waals surface area contributed by atoms with E-state index in [-0.39, 0.29) is 6.23 Å². The first-order chi connectivity index (χ1) is 11.1. The van der Waals surface area contributed by atoms with Gasteiger partial charge in [0.15, 0.2) is 0 Å². The van der Waals surface area contributed by atoms with Crippen molar-refractivity contribution in [3.63, 3.8) is 0 Å². The molecule has 0 radical (unpaired) electrons. The van der Waals surface area contributed by atoms with Crippen LogP contribution in [0.3, 0.4) is 0 Å². The van der Waals surface area contributed by atoms with Gasteiger partial charge in [-0.1, -0.05) is 66.2 Å². The molecule has 1 atom stereocenters. The Labute approximate surface area is 145 Å². The quantitative estimate of drug-likeness (QED) is 0.222. The molecule has 1 unspecified atom stereocenters. The minimum atomic E-state index is -2.65. The van der Waals surface area contributed by atoms with Crippen LogP contribution in [-0.4, -0.2) is 28.2 Å². The molecule has 0 saturated carbocycles. The third kappa shape index (κ3) is 12.1. The standard InChI is InChI=1S/C18H41NO3Si/c1-5-9-12-13-17-23(20-15-10-6-2,21-16-11-7-3)22-18(19)14-8-4/h18H,5-17,19H2,1-4H3. The van der Waals surface area contributed by atoms with Gasteiger partial charge in [-0.05, 0) is 25.7 Å². The zero-order valence-electron chi connectivity index (χ0n) is 16.1. The SMILES string of the molecule is CCCCCC[Si](OCCCC)(OCCCC)OC(N)CCC. The van der Waals surface area contributed by atoms with Crippen molar-refractivity contribution in [2.24, 2.45) is 5.73 Å². The van der Waals surface area contributed by atoms with Gasteiger partial charge in [0.05, 0.1) is 6.23 Å². The van der Waals surface area contributed by atoms with Gasteiger partial charge in [0.2, 0.25) is 0 Å². The van der Waals surface area contributed by atoms with Gasteiger partial charge in [0.1, 0.15) is 0 Å². The molecule has 23 heavy (non-hydrogen) atoms. The molecule has 0 spiro atoms. The molecule has 0 aliphatic rings.